The van der Waals surface area contributed by atoms with Gasteiger partial charge in [0.15, 0.2) is 0 Å². The van der Waals surface area contributed by atoms with Gasteiger partial charge in [0.2, 0.25) is 0 Å². The molecule has 0 bridgehead atoms. The average Bonchev–Trinajstić information content (AvgIpc) is 2.52. The number of nitrogens with one attached hydrogen (secondary N) is 1. The van der Waals surface area contributed by atoms with Gasteiger partial charge in [-0.05, 0) is 19.1 Å². The van der Waals surface area contributed by atoms with Gasteiger partial charge < -0.3 is 30.1 Å². The SMILES string of the molecule is COc1cc(C(=O)NC(CO)(CO)CO)cc(OC)c1C. The maximum atomic E-state index is 12.2. The molecule has 7 nitrogen and oxygen atoms in total. The number of benzene rings is 1. The van der Waals surface area contributed by atoms with Crippen LogP contribution in [0.2, 0.25) is 0 Å². The largest absolute Gasteiger partial charge is 0.496 e. The fourth-order valence-corrected chi connectivity index (χ4v) is 1.80. The molecule has 21 heavy (non-hydrogen) atoms. The molecule has 0 saturated heterocycles. The Kier molecular flexibility index (Phi) is 5.95. The Hall–Kier alpha value is -1.83. The Bertz CT molecular complexity index is 465. The van der Waals surface area contributed by atoms with Gasteiger partial charge >= 0.3 is 0 Å². The average molecular weight is 299 g/mol. The zero-order chi connectivity index (χ0) is 16.0. The number of carbonyl (C=O) groups excluding carboxylic acids is 1. The summed E-state index contributed by atoms with van der Waals surface area (Å²) < 4.78 is 10.4. The van der Waals surface area contributed by atoms with Crippen molar-refractivity contribution in [3.63, 3.8) is 0 Å². The number of hydrogen-bond acceptors (Lipinski definition) is 6. The molecule has 0 aliphatic carbocycles. The summed E-state index contributed by atoms with van der Waals surface area (Å²) >= 11 is 0. The normalized spacial score (nSPS) is 11.1. The number of rotatable bonds is 7. The van der Waals surface area contributed by atoms with Crippen molar-refractivity contribution in [2.75, 3.05) is 34.0 Å². The molecule has 118 valence electrons. The highest BCUT2D eigenvalue weighted by molar-refractivity contribution is 5.95. The number of aliphatic hydroxyl groups excluding tert-OH is 3. The Morgan fingerprint density at radius 3 is 1.86 bits per heavy atom. The maximum Gasteiger partial charge on any atom is 0.252 e. The molecule has 0 aromatic heterocycles. The van der Waals surface area contributed by atoms with E-state index in [0.29, 0.717) is 11.5 Å². The molecule has 4 N–H and O–H groups in total. The minimum absolute atomic E-state index is 0.231. The van der Waals surface area contributed by atoms with E-state index in [2.05, 4.69) is 5.32 Å². The van der Waals surface area contributed by atoms with Gasteiger partial charge in [-0.25, -0.2) is 0 Å². The van der Waals surface area contributed by atoms with Gasteiger partial charge in [-0.15, -0.1) is 0 Å². The fraction of sp³-hybridized carbons (Fsp3) is 0.500. The lowest BCUT2D eigenvalue weighted by Gasteiger charge is -2.28. The van der Waals surface area contributed by atoms with Crippen LogP contribution in [0.4, 0.5) is 0 Å². The van der Waals surface area contributed by atoms with E-state index in [0.717, 1.165) is 5.56 Å². The van der Waals surface area contributed by atoms with E-state index >= 15 is 0 Å². The molecular weight excluding hydrogens is 278 g/mol. The predicted molar refractivity (Wildman–Crippen MR) is 75.7 cm³/mol. The predicted octanol–water partition coefficient (Wildman–Crippen LogP) is -0.542. The monoisotopic (exact) mass is 299 g/mol. The molecule has 0 spiro atoms. The van der Waals surface area contributed by atoms with E-state index in [1.807, 2.05) is 0 Å². The van der Waals surface area contributed by atoms with Gasteiger partial charge in [0.25, 0.3) is 5.91 Å². The van der Waals surface area contributed by atoms with Crippen LogP contribution >= 0.6 is 0 Å². The highest BCUT2D eigenvalue weighted by atomic mass is 16.5. The first-order valence-electron chi connectivity index (χ1n) is 6.34. The van der Waals surface area contributed by atoms with Crippen LogP contribution in [0.5, 0.6) is 11.5 Å². The summed E-state index contributed by atoms with van der Waals surface area (Å²) in [5.74, 6) is 0.382. The molecule has 0 saturated carbocycles. The quantitative estimate of drug-likeness (QED) is 0.538. The standard InChI is InChI=1S/C14H21NO6/c1-9-11(20-2)4-10(5-12(9)21-3)13(19)15-14(6-16,7-17)8-18/h4-5,16-18H,6-8H2,1-3H3,(H,15,19). The third kappa shape index (κ3) is 3.63. The molecule has 0 atom stereocenters. The summed E-state index contributed by atoms with van der Waals surface area (Å²) in [5, 5.41) is 30.1. The number of methoxy groups -OCH3 is 2. The third-order valence-electron chi connectivity index (χ3n) is 3.30. The van der Waals surface area contributed by atoms with Crippen LogP contribution in [0.3, 0.4) is 0 Å². The third-order valence-corrected chi connectivity index (χ3v) is 3.30. The molecule has 0 unspecified atom stereocenters. The van der Waals surface area contributed by atoms with Crippen molar-refractivity contribution >= 4 is 5.91 Å². The first kappa shape index (κ1) is 17.2. The Labute approximate surface area is 123 Å². The second kappa shape index (κ2) is 7.26. The summed E-state index contributed by atoms with van der Waals surface area (Å²) in [5.41, 5.74) is -0.508. The van der Waals surface area contributed by atoms with Crippen LogP contribution in [-0.4, -0.2) is 60.8 Å². The molecule has 0 radical (unpaired) electrons. The maximum absolute atomic E-state index is 12.2. The lowest BCUT2D eigenvalue weighted by Crippen LogP contribution is -2.57. The molecule has 0 fully saturated rings. The van der Waals surface area contributed by atoms with E-state index in [4.69, 9.17) is 9.47 Å². The van der Waals surface area contributed by atoms with E-state index in [1.54, 1.807) is 6.92 Å². The van der Waals surface area contributed by atoms with Crippen LogP contribution in [0.1, 0.15) is 15.9 Å². The molecule has 1 aromatic carbocycles. The van der Waals surface area contributed by atoms with E-state index in [1.165, 1.54) is 26.4 Å². The van der Waals surface area contributed by atoms with Gasteiger partial charge in [0.05, 0.1) is 34.0 Å². The van der Waals surface area contributed by atoms with Gasteiger partial charge in [-0.3, -0.25) is 4.79 Å². The van der Waals surface area contributed by atoms with Crippen LogP contribution in [0.15, 0.2) is 12.1 Å². The van der Waals surface area contributed by atoms with Crippen LogP contribution in [0, 0.1) is 6.92 Å². The van der Waals surface area contributed by atoms with Crippen molar-refractivity contribution < 1.29 is 29.6 Å². The van der Waals surface area contributed by atoms with Crippen molar-refractivity contribution in [3.8, 4) is 11.5 Å². The number of carbonyl (C=O) groups is 1. The van der Waals surface area contributed by atoms with Crippen molar-refractivity contribution in [2.24, 2.45) is 0 Å². The number of aliphatic hydroxyl groups is 3. The zero-order valence-corrected chi connectivity index (χ0v) is 12.3. The Balaban J connectivity index is 3.13. The molecule has 7 heteroatoms. The van der Waals surface area contributed by atoms with Crippen molar-refractivity contribution in [2.45, 2.75) is 12.5 Å². The highest BCUT2D eigenvalue weighted by Gasteiger charge is 2.30. The Morgan fingerprint density at radius 2 is 1.52 bits per heavy atom. The van der Waals surface area contributed by atoms with E-state index in [-0.39, 0.29) is 5.56 Å². The molecule has 1 amide bonds. The van der Waals surface area contributed by atoms with E-state index < -0.39 is 31.3 Å². The second-order valence-corrected chi connectivity index (χ2v) is 4.71. The topological polar surface area (TPSA) is 108 Å². The molecular formula is C14H21NO6. The minimum Gasteiger partial charge on any atom is -0.496 e. The lowest BCUT2D eigenvalue weighted by molar-refractivity contribution is 0.0375. The van der Waals surface area contributed by atoms with Crippen molar-refractivity contribution in [1.29, 1.82) is 0 Å². The summed E-state index contributed by atoms with van der Waals surface area (Å²) in [4.78, 5) is 12.2. The molecule has 0 heterocycles. The van der Waals surface area contributed by atoms with Gasteiger partial charge in [-0.1, -0.05) is 0 Å². The van der Waals surface area contributed by atoms with Crippen molar-refractivity contribution in [3.05, 3.63) is 23.3 Å². The lowest BCUT2D eigenvalue weighted by atomic mass is 10.0. The molecule has 0 aliphatic heterocycles. The number of amides is 1. The summed E-state index contributed by atoms with van der Waals surface area (Å²) in [6, 6.07) is 3.04. The minimum atomic E-state index is -1.48. The number of ether oxygens (including phenoxy) is 2. The molecule has 1 aromatic rings. The Morgan fingerprint density at radius 1 is 1.10 bits per heavy atom. The van der Waals surface area contributed by atoms with Crippen LogP contribution in [-0.2, 0) is 0 Å². The second-order valence-electron chi connectivity index (χ2n) is 4.71. The van der Waals surface area contributed by atoms with Gasteiger partial charge in [0.1, 0.15) is 17.0 Å². The first-order chi connectivity index (χ1) is 9.96. The molecule has 0 aliphatic rings. The summed E-state index contributed by atoms with van der Waals surface area (Å²) in [7, 11) is 2.95. The van der Waals surface area contributed by atoms with Crippen molar-refractivity contribution in [1.82, 2.24) is 5.32 Å². The number of hydrogen-bond donors (Lipinski definition) is 4. The van der Waals surface area contributed by atoms with Gasteiger partial charge in [0, 0.05) is 11.1 Å². The van der Waals surface area contributed by atoms with E-state index in [9.17, 15) is 20.1 Å². The van der Waals surface area contributed by atoms with Gasteiger partial charge in [-0.2, -0.15) is 0 Å². The molecule has 1 rings (SSSR count). The van der Waals surface area contributed by atoms with Crippen LogP contribution < -0.4 is 14.8 Å². The first-order valence-corrected chi connectivity index (χ1v) is 6.34. The summed E-state index contributed by atoms with van der Waals surface area (Å²) in [6.07, 6.45) is 0. The fourth-order valence-electron chi connectivity index (χ4n) is 1.80. The summed E-state index contributed by atoms with van der Waals surface area (Å²) in [6.45, 7) is 0.0163. The zero-order valence-electron chi connectivity index (χ0n) is 12.3. The smallest absolute Gasteiger partial charge is 0.252 e. The van der Waals surface area contributed by atoms with Crippen LogP contribution in [0.25, 0.3) is 0 Å². The highest BCUT2D eigenvalue weighted by Crippen LogP contribution is 2.29.